The van der Waals surface area contributed by atoms with Crippen LogP contribution in [0.15, 0.2) is 0 Å². The first kappa shape index (κ1) is 35.2. The van der Waals surface area contributed by atoms with Gasteiger partial charge in [0, 0.05) is 0 Å². The van der Waals surface area contributed by atoms with E-state index in [0.717, 1.165) is 0 Å². The number of carboxylic acids is 1. The average molecular weight is 558 g/mol. The third-order valence-corrected chi connectivity index (χ3v) is 5.82. The summed E-state index contributed by atoms with van der Waals surface area (Å²) >= 11 is 0. The molecule has 0 unspecified atom stereocenters. The van der Waals surface area contributed by atoms with Gasteiger partial charge in [0.25, 0.3) is 0 Å². The van der Waals surface area contributed by atoms with Crippen molar-refractivity contribution in [2.24, 2.45) is 23.3 Å². The normalized spacial score (nSPS) is 15.5. The lowest BCUT2D eigenvalue weighted by Crippen LogP contribution is -2.58. The fourth-order valence-electron chi connectivity index (χ4n) is 3.31. The number of primary amides is 1. The molecule has 0 radical (unpaired) electrons. The van der Waals surface area contributed by atoms with E-state index in [0.29, 0.717) is 6.42 Å². The molecule has 0 fully saturated rings. The Hall–Kier alpha value is -3.75. The van der Waals surface area contributed by atoms with E-state index in [-0.39, 0.29) is 18.3 Å². The molecule has 15 heteroatoms. The summed E-state index contributed by atoms with van der Waals surface area (Å²) in [6.45, 7) is 9.37. The molecule has 0 aliphatic rings. The van der Waals surface area contributed by atoms with Crippen LogP contribution >= 0.6 is 0 Å². The minimum absolute atomic E-state index is 0.0115. The Morgan fingerprint density at radius 2 is 1.33 bits per heavy atom. The summed E-state index contributed by atoms with van der Waals surface area (Å²) in [6, 6.07) is -5.56. The number of carbonyl (C=O) groups is 7. The van der Waals surface area contributed by atoms with Crippen LogP contribution < -0.4 is 38.1 Å². The zero-order valence-corrected chi connectivity index (χ0v) is 23.3. The molecule has 0 heterocycles. The van der Waals surface area contributed by atoms with Gasteiger partial charge < -0.3 is 43.2 Å². The molecular weight excluding hydrogens is 514 g/mol. The topological polar surface area (TPSA) is 252 Å². The van der Waals surface area contributed by atoms with E-state index in [1.54, 1.807) is 6.92 Å². The van der Waals surface area contributed by atoms with Crippen LogP contribution in [0.5, 0.6) is 0 Å². The second kappa shape index (κ2) is 17.0. The molecule has 0 spiro atoms. The van der Waals surface area contributed by atoms with E-state index >= 15 is 0 Å². The summed E-state index contributed by atoms with van der Waals surface area (Å²) in [4.78, 5) is 84.3. The maximum Gasteiger partial charge on any atom is 0.326 e. The van der Waals surface area contributed by atoms with Gasteiger partial charge in [0.1, 0.15) is 24.2 Å². The minimum Gasteiger partial charge on any atom is -0.480 e. The highest BCUT2D eigenvalue weighted by Gasteiger charge is 2.31. The second-order valence-electron chi connectivity index (χ2n) is 9.91. The lowest BCUT2D eigenvalue weighted by molar-refractivity contribution is -0.143. The van der Waals surface area contributed by atoms with Crippen molar-refractivity contribution in [3.8, 4) is 0 Å². The number of aliphatic carboxylic acids is 1. The molecule has 10 N–H and O–H groups in total. The minimum atomic E-state index is -1.23. The van der Waals surface area contributed by atoms with E-state index in [1.807, 2.05) is 20.8 Å². The van der Waals surface area contributed by atoms with Crippen molar-refractivity contribution in [2.75, 3.05) is 6.54 Å². The molecule has 0 aliphatic heterocycles. The van der Waals surface area contributed by atoms with Crippen LogP contribution in [0.4, 0.5) is 0 Å². The Kier molecular flexibility index (Phi) is 15.3. The molecule has 0 aromatic carbocycles. The van der Waals surface area contributed by atoms with Gasteiger partial charge in [-0.15, -0.1) is 0 Å². The molecule has 0 saturated heterocycles. The molecule has 0 aromatic heterocycles. The Labute approximate surface area is 227 Å². The maximum absolute atomic E-state index is 12.8. The average Bonchev–Trinajstić information content (AvgIpc) is 2.83. The summed E-state index contributed by atoms with van der Waals surface area (Å²) in [6.07, 6.45) is 0.318. The van der Waals surface area contributed by atoms with Crippen LogP contribution in [-0.4, -0.2) is 83.3 Å². The quantitative estimate of drug-likeness (QED) is 0.0936. The fraction of sp³-hybridized carbons (Fsp3) is 0.708. The predicted octanol–water partition coefficient (Wildman–Crippen LogP) is -2.54. The highest BCUT2D eigenvalue weighted by Crippen LogP contribution is 2.11. The first-order valence-electron chi connectivity index (χ1n) is 12.7. The molecule has 15 nitrogen and oxygen atoms in total. The largest absolute Gasteiger partial charge is 0.480 e. The molecule has 39 heavy (non-hydrogen) atoms. The molecule has 0 aromatic rings. The lowest BCUT2D eigenvalue weighted by Gasteiger charge is -2.27. The number of hydrogen-bond donors (Lipinski definition) is 8. The molecule has 0 rings (SSSR count). The Morgan fingerprint density at radius 3 is 1.82 bits per heavy atom. The third kappa shape index (κ3) is 13.6. The van der Waals surface area contributed by atoms with Gasteiger partial charge in [0.05, 0.1) is 19.0 Å². The highest BCUT2D eigenvalue weighted by atomic mass is 16.4. The Balaban J connectivity index is 4.97. The highest BCUT2D eigenvalue weighted by molar-refractivity contribution is 5.95. The van der Waals surface area contributed by atoms with Crippen LogP contribution in [0.2, 0.25) is 0 Å². The number of rotatable bonds is 17. The van der Waals surface area contributed by atoms with Crippen molar-refractivity contribution in [3.05, 3.63) is 0 Å². The standard InChI is InChI=1S/C24H43N7O8/c1-7-12(4)19(23(37)30-16(24(38)39)8-11(2)3)31-21(35)14(6)28-18(33)10-27-20(34)13(5)29-22(36)15(25)9-17(26)32/h11-16,19H,7-10,25H2,1-6H3,(H2,26,32)(H,27,34)(H,28,33)(H,29,36)(H,30,37)(H,31,35)(H,38,39)/t12-,13-,14-,15-,16-,19-/m0/s1. The second-order valence-corrected chi connectivity index (χ2v) is 9.91. The Bertz CT molecular complexity index is 911. The van der Waals surface area contributed by atoms with Gasteiger partial charge in [0.15, 0.2) is 0 Å². The summed E-state index contributed by atoms with van der Waals surface area (Å²) in [7, 11) is 0. The van der Waals surface area contributed by atoms with Gasteiger partial charge in [-0.1, -0.05) is 34.1 Å². The zero-order chi connectivity index (χ0) is 30.4. The van der Waals surface area contributed by atoms with Crippen LogP contribution in [0.25, 0.3) is 0 Å². The molecule has 222 valence electrons. The summed E-state index contributed by atoms with van der Waals surface area (Å²) in [5.41, 5.74) is 10.5. The van der Waals surface area contributed by atoms with Gasteiger partial charge in [-0.2, -0.15) is 0 Å². The van der Waals surface area contributed by atoms with Gasteiger partial charge in [0.2, 0.25) is 35.4 Å². The van der Waals surface area contributed by atoms with E-state index in [9.17, 15) is 38.7 Å². The SMILES string of the molecule is CC[C@H](C)[C@H](NC(=O)[C@H](C)NC(=O)CNC(=O)[C@H](C)NC(=O)[C@@H](N)CC(N)=O)C(=O)N[C@@H](CC(C)C)C(=O)O. The van der Waals surface area contributed by atoms with E-state index in [1.165, 1.54) is 13.8 Å². The van der Waals surface area contributed by atoms with E-state index < -0.39 is 84.6 Å². The van der Waals surface area contributed by atoms with Gasteiger partial charge >= 0.3 is 5.97 Å². The smallest absolute Gasteiger partial charge is 0.326 e. The summed E-state index contributed by atoms with van der Waals surface area (Å²) in [5.74, 6) is -5.84. The molecule has 0 bridgehead atoms. The number of carboxylic acid groups (broad SMARTS) is 1. The van der Waals surface area contributed by atoms with Gasteiger partial charge in [-0.05, 0) is 32.1 Å². The van der Waals surface area contributed by atoms with Crippen LogP contribution in [-0.2, 0) is 33.6 Å². The maximum atomic E-state index is 12.8. The van der Waals surface area contributed by atoms with Crippen molar-refractivity contribution < 1.29 is 38.7 Å². The van der Waals surface area contributed by atoms with Gasteiger partial charge in [-0.3, -0.25) is 28.8 Å². The van der Waals surface area contributed by atoms with Crippen LogP contribution in [0, 0.1) is 11.8 Å². The molecule has 0 saturated carbocycles. The van der Waals surface area contributed by atoms with Gasteiger partial charge in [-0.25, -0.2) is 4.79 Å². The Morgan fingerprint density at radius 1 is 0.769 bits per heavy atom. The van der Waals surface area contributed by atoms with Crippen molar-refractivity contribution >= 4 is 41.4 Å². The predicted molar refractivity (Wildman–Crippen MR) is 140 cm³/mol. The van der Waals surface area contributed by atoms with Crippen molar-refractivity contribution in [1.29, 1.82) is 0 Å². The van der Waals surface area contributed by atoms with Crippen molar-refractivity contribution in [2.45, 2.75) is 91.0 Å². The number of amides is 6. The summed E-state index contributed by atoms with van der Waals surface area (Å²) < 4.78 is 0. The van der Waals surface area contributed by atoms with Crippen molar-refractivity contribution in [1.82, 2.24) is 26.6 Å². The monoisotopic (exact) mass is 557 g/mol. The number of nitrogens with one attached hydrogen (secondary N) is 5. The molecular formula is C24H43N7O8. The van der Waals surface area contributed by atoms with Crippen molar-refractivity contribution in [3.63, 3.8) is 0 Å². The van der Waals surface area contributed by atoms with E-state index in [2.05, 4.69) is 26.6 Å². The molecule has 0 aliphatic carbocycles. The van der Waals surface area contributed by atoms with E-state index in [4.69, 9.17) is 11.5 Å². The third-order valence-electron chi connectivity index (χ3n) is 5.82. The first-order chi connectivity index (χ1) is 18.0. The van der Waals surface area contributed by atoms with Crippen LogP contribution in [0.1, 0.15) is 60.8 Å². The number of hydrogen-bond acceptors (Lipinski definition) is 8. The molecule has 6 atom stereocenters. The number of carbonyl (C=O) groups excluding carboxylic acids is 6. The zero-order valence-electron chi connectivity index (χ0n) is 23.3. The van der Waals surface area contributed by atoms with Crippen LogP contribution in [0.3, 0.4) is 0 Å². The lowest BCUT2D eigenvalue weighted by atomic mass is 9.96. The summed E-state index contributed by atoms with van der Waals surface area (Å²) in [5, 5.41) is 21.4. The molecule has 6 amide bonds. The fourth-order valence-corrected chi connectivity index (χ4v) is 3.31. The first-order valence-corrected chi connectivity index (χ1v) is 12.7. The number of nitrogens with two attached hydrogens (primary N) is 2.